The molecule has 0 aliphatic carbocycles. The zero-order chi connectivity index (χ0) is 17.2. The number of nitrogens with zero attached hydrogens (tertiary/aromatic N) is 2. The zero-order valence-corrected chi connectivity index (χ0v) is 13.7. The summed E-state index contributed by atoms with van der Waals surface area (Å²) < 4.78 is 38.2. The Balaban J connectivity index is 1.68. The van der Waals surface area contributed by atoms with Gasteiger partial charge < -0.3 is 4.90 Å². The van der Waals surface area contributed by atoms with Gasteiger partial charge in [0, 0.05) is 31.0 Å². The third-order valence-corrected chi connectivity index (χ3v) is 6.52. The van der Waals surface area contributed by atoms with Crippen LogP contribution in [0.3, 0.4) is 0 Å². The normalized spacial score (nSPS) is 16.1. The van der Waals surface area contributed by atoms with Gasteiger partial charge in [0.15, 0.2) is 9.84 Å². The lowest BCUT2D eigenvalue weighted by atomic mass is 10.1. The summed E-state index contributed by atoms with van der Waals surface area (Å²) in [6.07, 6.45) is 3.85. The van der Waals surface area contributed by atoms with Crippen molar-refractivity contribution in [3.05, 3.63) is 60.2 Å². The fraction of sp³-hybridized carbons (Fsp3) is 0.294. The molecule has 0 bridgehead atoms. The molecule has 1 aliphatic heterocycles. The van der Waals surface area contributed by atoms with Crippen molar-refractivity contribution in [2.45, 2.75) is 23.0 Å². The summed E-state index contributed by atoms with van der Waals surface area (Å²) in [5.41, 5.74) is 0.546. The molecular weight excluding hydrogens is 331 g/mol. The number of piperidine rings is 1. The molecule has 7 heteroatoms. The highest BCUT2D eigenvalue weighted by molar-refractivity contribution is 7.92. The molecule has 0 radical (unpaired) electrons. The van der Waals surface area contributed by atoms with E-state index in [4.69, 9.17) is 0 Å². The minimum Gasteiger partial charge on any atom is -0.339 e. The minimum atomic E-state index is -3.51. The Morgan fingerprint density at radius 2 is 1.62 bits per heavy atom. The molecule has 3 rings (SSSR count). The number of pyridine rings is 1. The first-order valence-corrected chi connectivity index (χ1v) is 9.22. The fourth-order valence-electron chi connectivity index (χ4n) is 2.86. The summed E-state index contributed by atoms with van der Waals surface area (Å²) in [5, 5.41) is -0.551. The van der Waals surface area contributed by atoms with Gasteiger partial charge in [-0.25, -0.2) is 12.8 Å². The van der Waals surface area contributed by atoms with Crippen LogP contribution >= 0.6 is 0 Å². The van der Waals surface area contributed by atoms with Gasteiger partial charge in [-0.3, -0.25) is 9.78 Å². The zero-order valence-electron chi connectivity index (χ0n) is 12.9. The van der Waals surface area contributed by atoms with Crippen molar-refractivity contribution in [2.24, 2.45) is 0 Å². The molecule has 0 atom stereocenters. The molecule has 1 saturated heterocycles. The highest BCUT2D eigenvalue weighted by Crippen LogP contribution is 2.25. The van der Waals surface area contributed by atoms with E-state index < -0.39 is 20.9 Å². The van der Waals surface area contributed by atoms with Crippen LogP contribution in [0.25, 0.3) is 0 Å². The smallest absolute Gasteiger partial charge is 0.253 e. The number of amides is 1. The van der Waals surface area contributed by atoms with E-state index in [1.807, 2.05) is 0 Å². The van der Waals surface area contributed by atoms with E-state index in [0.717, 1.165) is 12.1 Å². The maximum absolute atomic E-state index is 13.0. The molecule has 5 nitrogen and oxygen atoms in total. The maximum atomic E-state index is 13.0. The standard InChI is InChI=1S/C17H17FN2O3S/c18-14-1-3-15(4-2-14)24(22,23)16-7-11-20(12-8-16)17(21)13-5-9-19-10-6-13/h1-6,9-10,16H,7-8,11-12H2. The van der Waals surface area contributed by atoms with Gasteiger partial charge >= 0.3 is 0 Å². The number of likely N-dealkylation sites (tertiary alicyclic amines) is 1. The van der Waals surface area contributed by atoms with E-state index in [1.165, 1.54) is 12.1 Å². The summed E-state index contributed by atoms with van der Waals surface area (Å²) in [6.45, 7) is 0.762. The summed E-state index contributed by atoms with van der Waals surface area (Å²) >= 11 is 0. The van der Waals surface area contributed by atoms with E-state index in [0.29, 0.717) is 31.5 Å². The van der Waals surface area contributed by atoms with Crippen LogP contribution in [-0.2, 0) is 9.84 Å². The van der Waals surface area contributed by atoms with Crippen molar-refractivity contribution in [1.82, 2.24) is 9.88 Å². The first-order chi connectivity index (χ1) is 11.5. The molecule has 2 aromatic rings. The highest BCUT2D eigenvalue weighted by Gasteiger charge is 2.32. The Labute approximate surface area is 140 Å². The Bertz CT molecular complexity index is 815. The van der Waals surface area contributed by atoms with Gasteiger partial charge in [-0.2, -0.15) is 0 Å². The topological polar surface area (TPSA) is 67.3 Å². The first-order valence-electron chi connectivity index (χ1n) is 7.67. The molecule has 1 aliphatic rings. The van der Waals surface area contributed by atoms with Crippen molar-refractivity contribution in [3.8, 4) is 0 Å². The van der Waals surface area contributed by atoms with Gasteiger partial charge in [-0.05, 0) is 49.2 Å². The lowest BCUT2D eigenvalue weighted by molar-refractivity contribution is 0.0725. The van der Waals surface area contributed by atoms with E-state index in [-0.39, 0.29) is 10.8 Å². The minimum absolute atomic E-state index is 0.116. The predicted molar refractivity (Wildman–Crippen MR) is 86.7 cm³/mol. The van der Waals surface area contributed by atoms with Crippen LogP contribution < -0.4 is 0 Å². The number of rotatable bonds is 3. The van der Waals surface area contributed by atoms with Crippen LogP contribution in [0.15, 0.2) is 53.7 Å². The van der Waals surface area contributed by atoms with Crippen molar-refractivity contribution in [1.29, 1.82) is 0 Å². The molecule has 24 heavy (non-hydrogen) atoms. The largest absolute Gasteiger partial charge is 0.339 e. The molecule has 2 heterocycles. The van der Waals surface area contributed by atoms with Gasteiger partial charge in [-0.1, -0.05) is 0 Å². The third-order valence-electron chi connectivity index (χ3n) is 4.24. The second-order valence-corrected chi connectivity index (χ2v) is 7.95. The summed E-state index contributed by atoms with van der Waals surface area (Å²) in [6, 6.07) is 8.16. The number of halogens is 1. The van der Waals surface area contributed by atoms with Crippen molar-refractivity contribution in [3.63, 3.8) is 0 Å². The first kappa shape index (κ1) is 16.6. The van der Waals surface area contributed by atoms with Gasteiger partial charge in [-0.15, -0.1) is 0 Å². The van der Waals surface area contributed by atoms with Crippen LogP contribution in [0.1, 0.15) is 23.2 Å². The molecule has 1 aromatic carbocycles. The molecule has 126 valence electrons. The Kier molecular flexibility index (Phi) is 4.62. The van der Waals surface area contributed by atoms with Crippen LogP contribution in [0, 0.1) is 5.82 Å². The average molecular weight is 348 g/mol. The van der Waals surface area contributed by atoms with E-state index in [1.54, 1.807) is 29.4 Å². The molecular formula is C17H17FN2O3S. The molecule has 1 fully saturated rings. The Morgan fingerprint density at radius 1 is 1.04 bits per heavy atom. The molecule has 1 aromatic heterocycles. The van der Waals surface area contributed by atoms with Crippen LogP contribution in [-0.4, -0.2) is 42.5 Å². The van der Waals surface area contributed by atoms with E-state index in [2.05, 4.69) is 4.98 Å². The number of aromatic nitrogens is 1. The summed E-state index contributed by atoms with van der Waals surface area (Å²) in [4.78, 5) is 18.0. The summed E-state index contributed by atoms with van der Waals surface area (Å²) in [7, 11) is -3.51. The molecule has 0 saturated carbocycles. The fourth-order valence-corrected chi connectivity index (χ4v) is 4.59. The number of carbonyl (C=O) groups excluding carboxylic acids is 1. The van der Waals surface area contributed by atoms with E-state index >= 15 is 0 Å². The van der Waals surface area contributed by atoms with E-state index in [9.17, 15) is 17.6 Å². The third kappa shape index (κ3) is 3.31. The number of carbonyl (C=O) groups is 1. The second-order valence-electron chi connectivity index (χ2n) is 5.73. The van der Waals surface area contributed by atoms with Crippen molar-refractivity contribution in [2.75, 3.05) is 13.1 Å². The Morgan fingerprint density at radius 3 is 2.21 bits per heavy atom. The monoisotopic (exact) mass is 348 g/mol. The SMILES string of the molecule is O=C(c1ccncc1)N1CCC(S(=O)(=O)c2ccc(F)cc2)CC1. The van der Waals surface area contributed by atoms with Gasteiger partial charge in [0.25, 0.3) is 5.91 Å². The van der Waals surface area contributed by atoms with Gasteiger partial charge in [0.1, 0.15) is 5.82 Å². The van der Waals surface area contributed by atoms with Crippen LogP contribution in [0.5, 0.6) is 0 Å². The predicted octanol–water partition coefficient (Wildman–Crippen LogP) is 2.30. The van der Waals surface area contributed by atoms with Crippen LogP contribution in [0.4, 0.5) is 4.39 Å². The quantitative estimate of drug-likeness (QED) is 0.798. The average Bonchev–Trinajstić information content (AvgIpc) is 2.62. The molecule has 0 unspecified atom stereocenters. The highest BCUT2D eigenvalue weighted by atomic mass is 32.2. The van der Waals surface area contributed by atoms with Gasteiger partial charge in [0.05, 0.1) is 10.1 Å². The second kappa shape index (κ2) is 6.68. The van der Waals surface area contributed by atoms with Crippen molar-refractivity contribution >= 4 is 15.7 Å². The molecule has 1 amide bonds. The lowest BCUT2D eigenvalue weighted by Crippen LogP contribution is -2.42. The maximum Gasteiger partial charge on any atom is 0.253 e. The van der Waals surface area contributed by atoms with Crippen molar-refractivity contribution < 1.29 is 17.6 Å². The molecule has 0 N–H and O–H groups in total. The number of hydrogen-bond acceptors (Lipinski definition) is 4. The number of benzene rings is 1. The van der Waals surface area contributed by atoms with Gasteiger partial charge in [0.2, 0.25) is 0 Å². The lowest BCUT2D eigenvalue weighted by Gasteiger charge is -2.31. The number of sulfone groups is 1. The number of hydrogen-bond donors (Lipinski definition) is 0. The van der Waals surface area contributed by atoms with Crippen LogP contribution in [0.2, 0.25) is 0 Å². The Hall–Kier alpha value is -2.28. The molecule has 0 spiro atoms. The summed E-state index contributed by atoms with van der Waals surface area (Å²) in [5.74, 6) is -0.582.